The van der Waals surface area contributed by atoms with Crippen LogP contribution in [-0.2, 0) is 22.6 Å². The van der Waals surface area contributed by atoms with E-state index < -0.39 is 6.04 Å². The van der Waals surface area contributed by atoms with Gasteiger partial charge >= 0.3 is 0 Å². The normalized spacial score (nSPS) is 12.5. The molecule has 2 amide bonds. The summed E-state index contributed by atoms with van der Waals surface area (Å²) in [6.45, 7) is 10.2. The van der Waals surface area contributed by atoms with Crippen molar-refractivity contribution in [2.24, 2.45) is 0 Å². The molecule has 0 aliphatic heterocycles. The molecule has 3 aromatic carbocycles. The molecule has 0 saturated carbocycles. The molecule has 0 aromatic heterocycles. The number of halogens is 1. The van der Waals surface area contributed by atoms with Gasteiger partial charge in [0.25, 0.3) is 5.91 Å². The quantitative estimate of drug-likeness (QED) is 0.297. The molecule has 5 nitrogen and oxygen atoms in total. The molecule has 196 valence electrons. The Bertz CT molecular complexity index is 1190. The molecule has 2 atom stereocenters. The number of carbonyl (C=O) groups excluding carboxylic acids is 2. The van der Waals surface area contributed by atoms with Crippen LogP contribution in [-0.4, -0.2) is 35.4 Å². The first-order valence-corrected chi connectivity index (χ1v) is 13.6. The third kappa shape index (κ3) is 7.93. The average Bonchev–Trinajstić information content (AvgIpc) is 2.89. The van der Waals surface area contributed by atoms with Gasteiger partial charge in [-0.15, -0.1) is 0 Å². The summed E-state index contributed by atoms with van der Waals surface area (Å²) < 4.78 is 7.00. The predicted molar refractivity (Wildman–Crippen MR) is 153 cm³/mol. The van der Waals surface area contributed by atoms with Crippen molar-refractivity contribution in [3.63, 3.8) is 0 Å². The Kier molecular flexibility index (Phi) is 10.3. The maximum atomic E-state index is 13.8. The minimum absolute atomic E-state index is 0.00570. The highest BCUT2D eigenvalue weighted by Gasteiger charge is 2.31. The van der Waals surface area contributed by atoms with Crippen LogP contribution in [0, 0.1) is 20.8 Å². The summed E-state index contributed by atoms with van der Waals surface area (Å²) in [5.74, 6) is 0.239. The monoisotopic (exact) mass is 564 g/mol. The average molecular weight is 566 g/mol. The highest BCUT2D eigenvalue weighted by Crippen LogP contribution is 2.26. The van der Waals surface area contributed by atoms with Crippen LogP contribution in [0.1, 0.15) is 48.1 Å². The fourth-order valence-corrected chi connectivity index (χ4v) is 4.41. The van der Waals surface area contributed by atoms with E-state index in [0.29, 0.717) is 18.7 Å². The van der Waals surface area contributed by atoms with Crippen LogP contribution in [0.4, 0.5) is 0 Å². The molecule has 0 radical (unpaired) electrons. The van der Waals surface area contributed by atoms with Crippen molar-refractivity contribution in [3.8, 4) is 5.75 Å². The maximum Gasteiger partial charge on any atom is 0.261 e. The number of amides is 2. The van der Waals surface area contributed by atoms with E-state index in [9.17, 15) is 9.59 Å². The van der Waals surface area contributed by atoms with E-state index in [0.717, 1.165) is 38.7 Å². The fourth-order valence-electron chi connectivity index (χ4n) is 4.18. The largest absolute Gasteiger partial charge is 0.484 e. The number of hydrogen-bond donors (Lipinski definition) is 1. The summed E-state index contributed by atoms with van der Waals surface area (Å²) in [5, 5.41) is 3.10. The third-order valence-corrected chi connectivity index (χ3v) is 7.90. The molecule has 3 aromatic rings. The molecule has 6 heteroatoms. The number of nitrogens with one attached hydrogen (secondary N) is 1. The highest BCUT2D eigenvalue weighted by atomic mass is 79.9. The van der Waals surface area contributed by atoms with Crippen LogP contribution in [0.25, 0.3) is 0 Å². The van der Waals surface area contributed by atoms with Gasteiger partial charge in [0.2, 0.25) is 5.91 Å². The van der Waals surface area contributed by atoms with Crippen molar-refractivity contribution in [3.05, 3.63) is 99.0 Å². The molecule has 3 rings (SSSR count). The van der Waals surface area contributed by atoms with E-state index in [1.807, 2.05) is 101 Å². The van der Waals surface area contributed by atoms with E-state index in [2.05, 4.69) is 21.2 Å². The summed E-state index contributed by atoms with van der Waals surface area (Å²) >= 11 is 3.58. The Morgan fingerprint density at radius 2 is 1.57 bits per heavy atom. The van der Waals surface area contributed by atoms with E-state index in [1.54, 1.807) is 4.90 Å². The van der Waals surface area contributed by atoms with Gasteiger partial charge in [0.1, 0.15) is 11.8 Å². The van der Waals surface area contributed by atoms with E-state index in [-0.39, 0.29) is 24.5 Å². The molecule has 0 bridgehead atoms. The van der Waals surface area contributed by atoms with Gasteiger partial charge in [-0.1, -0.05) is 77.5 Å². The van der Waals surface area contributed by atoms with E-state index >= 15 is 0 Å². The van der Waals surface area contributed by atoms with Crippen LogP contribution in [0.15, 0.2) is 71.2 Å². The third-order valence-electron chi connectivity index (χ3n) is 6.65. The second-order valence-electron chi connectivity index (χ2n) is 9.63. The van der Waals surface area contributed by atoms with E-state index in [1.165, 1.54) is 0 Å². The van der Waals surface area contributed by atoms with Gasteiger partial charge in [-0.2, -0.15) is 0 Å². The van der Waals surface area contributed by atoms with Crippen LogP contribution in [0.2, 0.25) is 0 Å². The van der Waals surface area contributed by atoms with Crippen molar-refractivity contribution in [2.45, 2.75) is 66.1 Å². The molecule has 0 spiro atoms. The summed E-state index contributed by atoms with van der Waals surface area (Å²) in [4.78, 5) is 29.0. The predicted octanol–water partition coefficient (Wildman–Crippen LogP) is 6.31. The Morgan fingerprint density at radius 3 is 2.19 bits per heavy atom. The number of rotatable bonds is 11. The van der Waals surface area contributed by atoms with Crippen molar-refractivity contribution >= 4 is 27.7 Å². The Balaban J connectivity index is 1.94. The Hall–Kier alpha value is -3.12. The zero-order chi connectivity index (χ0) is 26.9. The molecule has 37 heavy (non-hydrogen) atoms. The van der Waals surface area contributed by atoms with Crippen LogP contribution >= 0.6 is 15.9 Å². The van der Waals surface area contributed by atoms with Crippen molar-refractivity contribution < 1.29 is 14.3 Å². The zero-order valence-electron chi connectivity index (χ0n) is 22.4. The van der Waals surface area contributed by atoms with Gasteiger partial charge in [-0.05, 0) is 74.1 Å². The van der Waals surface area contributed by atoms with Crippen molar-refractivity contribution in [2.75, 3.05) is 6.61 Å². The fraction of sp³-hybridized carbons (Fsp3) is 0.355. The number of hydrogen-bond acceptors (Lipinski definition) is 3. The van der Waals surface area contributed by atoms with Gasteiger partial charge in [-0.25, -0.2) is 0 Å². The van der Waals surface area contributed by atoms with Gasteiger partial charge in [0.15, 0.2) is 6.61 Å². The number of benzene rings is 3. The molecule has 0 saturated heterocycles. The lowest BCUT2D eigenvalue weighted by Crippen LogP contribution is -2.53. The number of aryl methyl sites for hydroxylation is 3. The lowest BCUT2D eigenvalue weighted by atomic mass is 10.0. The molecular formula is C31H37BrN2O3. The number of carbonyl (C=O) groups is 2. The van der Waals surface area contributed by atoms with Crippen LogP contribution in [0.5, 0.6) is 5.75 Å². The summed E-state index contributed by atoms with van der Waals surface area (Å²) in [5.41, 5.74) is 5.14. The molecule has 0 aliphatic rings. The van der Waals surface area contributed by atoms with Gasteiger partial charge in [-0.3, -0.25) is 9.59 Å². The first kappa shape index (κ1) is 28.5. The minimum Gasteiger partial charge on any atom is -0.484 e. The highest BCUT2D eigenvalue weighted by molar-refractivity contribution is 9.10. The molecular weight excluding hydrogens is 528 g/mol. The summed E-state index contributed by atoms with van der Waals surface area (Å²) in [7, 11) is 0. The number of nitrogens with zero attached hydrogens (tertiary/aromatic N) is 1. The van der Waals surface area contributed by atoms with Gasteiger partial charge < -0.3 is 15.0 Å². The first-order valence-electron chi connectivity index (χ1n) is 12.8. The van der Waals surface area contributed by atoms with Gasteiger partial charge in [0.05, 0.1) is 0 Å². The van der Waals surface area contributed by atoms with Crippen molar-refractivity contribution in [1.82, 2.24) is 10.2 Å². The van der Waals surface area contributed by atoms with Crippen LogP contribution in [0.3, 0.4) is 0 Å². The number of ether oxygens (including phenoxy) is 1. The topological polar surface area (TPSA) is 58.6 Å². The second-order valence-corrected chi connectivity index (χ2v) is 10.4. The summed E-state index contributed by atoms with van der Waals surface area (Å²) in [6.07, 6.45) is 1.22. The van der Waals surface area contributed by atoms with Gasteiger partial charge in [0, 0.05) is 23.5 Å². The molecule has 0 fully saturated rings. The molecule has 0 aliphatic carbocycles. The van der Waals surface area contributed by atoms with Crippen molar-refractivity contribution in [1.29, 1.82) is 0 Å². The summed E-state index contributed by atoms with van der Waals surface area (Å²) in [6, 6.07) is 20.9. The Morgan fingerprint density at radius 1 is 0.946 bits per heavy atom. The SMILES string of the molecule is CC[C@@H](C)NC(=O)[C@@H](Cc1ccccc1)N(Cc1ccccc1C)C(=O)COc1cc(C)c(Br)c(C)c1. The van der Waals surface area contributed by atoms with E-state index in [4.69, 9.17) is 4.74 Å². The Labute approximate surface area is 229 Å². The molecule has 0 unspecified atom stereocenters. The first-order chi connectivity index (χ1) is 17.7. The minimum atomic E-state index is -0.680. The molecule has 0 heterocycles. The maximum absolute atomic E-state index is 13.8. The standard InChI is InChI=1S/C31H37BrN2O3/c1-6-24(5)33-31(36)28(18-25-13-8-7-9-14-25)34(19-26-15-11-10-12-21(26)2)29(35)20-37-27-16-22(3)30(32)23(4)17-27/h7-17,24,28H,6,18-20H2,1-5H3,(H,33,36)/t24-,28-/m1/s1. The lowest BCUT2D eigenvalue weighted by molar-refractivity contribution is -0.143. The van der Waals surface area contributed by atoms with Crippen LogP contribution < -0.4 is 10.1 Å². The second kappa shape index (κ2) is 13.4. The lowest BCUT2D eigenvalue weighted by Gasteiger charge is -2.32. The zero-order valence-corrected chi connectivity index (χ0v) is 24.0. The molecule has 1 N–H and O–H groups in total. The smallest absolute Gasteiger partial charge is 0.261 e.